The summed E-state index contributed by atoms with van der Waals surface area (Å²) in [5.74, 6) is -0.743. The van der Waals surface area contributed by atoms with Crippen molar-refractivity contribution < 1.29 is 29.1 Å². The van der Waals surface area contributed by atoms with E-state index in [-0.39, 0.29) is 6.10 Å². The van der Waals surface area contributed by atoms with Gasteiger partial charge in [0, 0.05) is 0 Å². The van der Waals surface area contributed by atoms with Crippen molar-refractivity contribution in [1.82, 2.24) is 0 Å². The minimum absolute atomic E-state index is 0.284. The second-order valence-electron chi connectivity index (χ2n) is 7.38. The average molecular weight is 383 g/mol. The summed E-state index contributed by atoms with van der Waals surface area (Å²) < 4.78 is 5.00. The molecule has 0 aliphatic heterocycles. The Labute approximate surface area is 156 Å². The zero-order valence-corrected chi connectivity index (χ0v) is 17.4. The number of ether oxygens (including phenoxy) is 1. The predicted molar refractivity (Wildman–Crippen MR) is 102 cm³/mol. The smallest absolute Gasteiger partial charge is 0.429 e. The van der Waals surface area contributed by atoms with Crippen LogP contribution in [-0.2, 0) is 19.6 Å². The topological polar surface area (TPSA) is 71.1 Å². The minimum Gasteiger partial charge on any atom is -0.429 e. The summed E-state index contributed by atoms with van der Waals surface area (Å²) in [6, 6.07) is 7.13. The lowest BCUT2D eigenvalue weighted by Crippen LogP contribution is -2.37. The SMILES string of the molecule is CCCCCCC(C)OC(=O)OOOC(=O)c1ccc([Si](C)(C)C)cc1. The van der Waals surface area contributed by atoms with E-state index in [1.165, 1.54) is 5.19 Å². The molecule has 0 radical (unpaired) electrons. The van der Waals surface area contributed by atoms with Gasteiger partial charge in [0.15, 0.2) is 0 Å². The molecule has 7 heteroatoms. The number of benzene rings is 1. The maximum absolute atomic E-state index is 11.8. The van der Waals surface area contributed by atoms with E-state index in [1.807, 2.05) is 12.1 Å². The standard InChI is InChI=1S/C19H30O6Si/c1-6-7-8-9-10-15(2)22-19(21)24-25-23-18(20)16-11-13-17(14-12-16)26(3,4)5/h11-15H,6-10H2,1-5H3. The Hall–Kier alpha value is -1.86. The summed E-state index contributed by atoms with van der Waals surface area (Å²) in [5.41, 5.74) is 0.313. The highest BCUT2D eigenvalue weighted by molar-refractivity contribution is 6.88. The fourth-order valence-electron chi connectivity index (χ4n) is 2.33. The van der Waals surface area contributed by atoms with Gasteiger partial charge in [0.25, 0.3) is 0 Å². The molecule has 0 saturated carbocycles. The molecule has 0 N–H and O–H groups in total. The van der Waals surface area contributed by atoms with Gasteiger partial charge in [0.1, 0.15) is 6.10 Å². The zero-order valence-electron chi connectivity index (χ0n) is 16.4. The van der Waals surface area contributed by atoms with Crippen LogP contribution in [-0.4, -0.2) is 26.3 Å². The van der Waals surface area contributed by atoms with Gasteiger partial charge in [-0.25, -0.2) is 14.5 Å². The van der Waals surface area contributed by atoms with Crippen molar-refractivity contribution in [2.75, 3.05) is 0 Å². The first-order valence-electron chi connectivity index (χ1n) is 9.10. The van der Waals surface area contributed by atoms with Crippen LogP contribution in [0, 0.1) is 0 Å². The van der Waals surface area contributed by atoms with Crippen LogP contribution >= 0.6 is 0 Å². The summed E-state index contributed by atoms with van der Waals surface area (Å²) in [5, 5.41) is 5.46. The lowest BCUT2D eigenvalue weighted by molar-refractivity contribution is -0.452. The monoisotopic (exact) mass is 382 g/mol. The predicted octanol–water partition coefficient (Wildman–Crippen LogP) is 4.75. The summed E-state index contributed by atoms with van der Waals surface area (Å²) in [7, 11) is -1.43. The molecule has 26 heavy (non-hydrogen) atoms. The molecule has 1 rings (SSSR count). The largest absolute Gasteiger partial charge is 0.543 e. The van der Waals surface area contributed by atoms with E-state index in [9.17, 15) is 9.59 Å². The highest BCUT2D eigenvalue weighted by Crippen LogP contribution is 2.09. The van der Waals surface area contributed by atoms with Crippen molar-refractivity contribution in [2.24, 2.45) is 0 Å². The van der Waals surface area contributed by atoms with Crippen LogP contribution in [0.2, 0.25) is 19.6 Å². The van der Waals surface area contributed by atoms with E-state index in [1.54, 1.807) is 19.1 Å². The molecule has 0 aliphatic carbocycles. The Balaban J connectivity index is 2.29. The number of hydrogen-bond donors (Lipinski definition) is 0. The molecule has 0 aliphatic rings. The Bertz CT molecular complexity index is 564. The molecule has 0 amide bonds. The van der Waals surface area contributed by atoms with Crippen molar-refractivity contribution in [3.05, 3.63) is 29.8 Å². The van der Waals surface area contributed by atoms with Crippen molar-refractivity contribution in [1.29, 1.82) is 0 Å². The summed E-state index contributed by atoms with van der Waals surface area (Å²) in [4.78, 5) is 32.1. The van der Waals surface area contributed by atoms with Gasteiger partial charge >= 0.3 is 12.1 Å². The molecular formula is C19H30O6Si. The molecule has 0 fully saturated rings. The van der Waals surface area contributed by atoms with E-state index in [0.29, 0.717) is 5.56 Å². The van der Waals surface area contributed by atoms with Crippen LogP contribution in [0.1, 0.15) is 56.3 Å². The van der Waals surface area contributed by atoms with Gasteiger partial charge in [-0.05, 0) is 31.9 Å². The van der Waals surface area contributed by atoms with Crippen molar-refractivity contribution >= 4 is 25.4 Å². The third-order valence-corrected chi connectivity index (χ3v) is 6.03. The summed E-state index contributed by atoms with van der Waals surface area (Å²) >= 11 is 0. The Morgan fingerprint density at radius 2 is 1.65 bits per heavy atom. The average Bonchev–Trinajstić information content (AvgIpc) is 2.58. The molecule has 1 aromatic rings. The van der Waals surface area contributed by atoms with Crippen LogP contribution in [0.4, 0.5) is 4.79 Å². The van der Waals surface area contributed by atoms with Gasteiger partial charge in [-0.15, -0.1) is 0 Å². The second-order valence-corrected chi connectivity index (χ2v) is 12.5. The Morgan fingerprint density at radius 3 is 2.23 bits per heavy atom. The Morgan fingerprint density at radius 1 is 1.00 bits per heavy atom. The first-order chi connectivity index (χ1) is 12.2. The highest BCUT2D eigenvalue weighted by atomic mass is 28.3. The van der Waals surface area contributed by atoms with E-state index < -0.39 is 20.2 Å². The van der Waals surface area contributed by atoms with Gasteiger partial charge in [0.2, 0.25) is 0 Å². The number of carbonyl (C=O) groups excluding carboxylic acids is 2. The van der Waals surface area contributed by atoms with Gasteiger partial charge in [-0.3, -0.25) is 4.89 Å². The third kappa shape index (κ3) is 8.49. The first-order valence-corrected chi connectivity index (χ1v) is 12.6. The molecule has 0 heterocycles. The van der Waals surface area contributed by atoms with E-state index in [2.05, 4.69) is 41.4 Å². The highest BCUT2D eigenvalue weighted by Gasteiger charge is 2.18. The molecular weight excluding hydrogens is 352 g/mol. The maximum Gasteiger partial charge on any atom is 0.543 e. The molecule has 0 bridgehead atoms. The van der Waals surface area contributed by atoms with Crippen LogP contribution < -0.4 is 5.19 Å². The van der Waals surface area contributed by atoms with E-state index in [0.717, 1.165) is 32.1 Å². The molecule has 0 spiro atoms. The lowest BCUT2D eigenvalue weighted by Gasteiger charge is -2.16. The van der Waals surface area contributed by atoms with E-state index in [4.69, 9.17) is 4.74 Å². The minimum atomic E-state index is -1.43. The van der Waals surface area contributed by atoms with Gasteiger partial charge in [-0.1, -0.05) is 63.1 Å². The molecule has 1 unspecified atom stereocenters. The van der Waals surface area contributed by atoms with Crippen LogP contribution in [0.3, 0.4) is 0 Å². The lowest BCUT2D eigenvalue weighted by atomic mass is 10.1. The number of hydrogen-bond acceptors (Lipinski definition) is 6. The van der Waals surface area contributed by atoms with Crippen LogP contribution in [0.15, 0.2) is 24.3 Å². The quantitative estimate of drug-likeness (QED) is 0.191. The van der Waals surface area contributed by atoms with Crippen LogP contribution in [0.5, 0.6) is 0 Å². The van der Waals surface area contributed by atoms with Crippen molar-refractivity contribution in [3.8, 4) is 0 Å². The normalized spacial score (nSPS) is 12.3. The first kappa shape index (κ1) is 22.2. The fraction of sp³-hybridized carbons (Fsp3) is 0.579. The Kier molecular flexibility index (Phi) is 9.36. The third-order valence-electron chi connectivity index (χ3n) is 3.96. The summed E-state index contributed by atoms with van der Waals surface area (Å²) in [6.45, 7) is 10.6. The number of carbonyl (C=O) groups is 2. The maximum atomic E-state index is 11.8. The van der Waals surface area contributed by atoms with Gasteiger partial charge in [0.05, 0.1) is 18.7 Å². The van der Waals surface area contributed by atoms with Crippen molar-refractivity contribution in [2.45, 2.75) is 71.7 Å². The van der Waals surface area contributed by atoms with Gasteiger partial charge < -0.3 is 4.74 Å². The molecule has 0 aromatic heterocycles. The molecule has 1 aromatic carbocycles. The van der Waals surface area contributed by atoms with Crippen molar-refractivity contribution in [3.63, 3.8) is 0 Å². The molecule has 6 nitrogen and oxygen atoms in total. The number of rotatable bonds is 10. The van der Waals surface area contributed by atoms with Gasteiger partial charge in [-0.2, -0.15) is 0 Å². The molecule has 0 saturated heterocycles. The fourth-order valence-corrected chi connectivity index (χ4v) is 3.50. The molecule has 1 atom stereocenters. The summed E-state index contributed by atoms with van der Waals surface area (Å²) in [6.07, 6.45) is 3.82. The second kappa shape index (κ2) is 11.0. The number of unbranched alkanes of at least 4 members (excludes halogenated alkanes) is 3. The zero-order chi connectivity index (χ0) is 19.6. The molecule has 146 valence electrons. The van der Waals surface area contributed by atoms with E-state index >= 15 is 0 Å². The van der Waals surface area contributed by atoms with Crippen LogP contribution in [0.25, 0.3) is 0 Å².